The third-order valence-electron chi connectivity index (χ3n) is 1.66. The summed E-state index contributed by atoms with van der Waals surface area (Å²) in [4.78, 5) is 5.24. The van der Waals surface area contributed by atoms with Crippen molar-refractivity contribution in [3.05, 3.63) is 16.1 Å². The van der Waals surface area contributed by atoms with Crippen LogP contribution in [0.4, 0.5) is 0 Å². The summed E-state index contributed by atoms with van der Waals surface area (Å²) >= 11 is 1.61. The molecular formula is C10H17NOS. The Morgan fingerprint density at radius 2 is 2.15 bits per heavy atom. The van der Waals surface area contributed by atoms with Crippen LogP contribution in [0.5, 0.6) is 0 Å². The number of rotatable bonds is 2. The van der Waals surface area contributed by atoms with Gasteiger partial charge in [0, 0.05) is 12.6 Å². The lowest BCUT2D eigenvalue weighted by atomic mass is 9.93. The fourth-order valence-corrected chi connectivity index (χ4v) is 2.21. The van der Waals surface area contributed by atoms with Gasteiger partial charge in [-0.1, -0.05) is 20.8 Å². The van der Waals surface area contributed by atoms with E-state index in [1.807, 2.05) is 0 Å². The summed E-state index contributed by atoms with van der Waals surface area (Å²) in [5, 5.41) is 10.4. The fraction of sp³-hybridized carbons (Fsp3) is 0.700. The molecule has 0 amide bonds. The molecular weight excluding hydrogens is 182 g/mol. The zero-order chi connectivity index (χ0) is 10.1. The quantitative estimate of drug-likeness (QED) is 0.794. The predicted octanol–water partition coefficient (Wildman–Crippen LogP) is 2.79. The number of aliphatic hydroxyl groups is 1. The maximum absolute atomic E-state index is 9.31. The van der Waals surface area contributed by atoms with Crippen LogP contribution in [0.1, 0.15) is 43.7 Å². The summed E-state index contributed by atoms with van der Waals surface area (Å²) in [7, 11) is 0. The predicted molar refractivity (Wildman–Crippen MR) is 55.9 cm³/mol. The van der Waals surface area contributed by atoms with E-state index in [1.54, 1.807) is 24.5 Å². The number of aliphatic hydroxyl groups excluding tert-OH is 1. The number of nitrogens with zero attached hydrogens (tertiary/aromatic N) is 1. The lowest BCUT2D eigenvalue weighted by molar-refractivity contribution is 0.203. The van der Waals surface area contributed by atoms with E-state index in [0.717, 1.165) is 16.3 Å². The molecule has 0 aromatic carbocycles. The number of hydrogen-bond donors (Lipinski definition) is 1. The summed E-state index contributed by atoms with van der Waals surface area (Å²) in [5.74, 6) is 0. The van der Waals surface area contributed by atoms with Crippen LogP contribution < -0.4 is 0 Å². The number of hydrogen-bond acceptors (Lipinski definition) is 3. The van der Waals surface area contributed by atoms with Gasteiger partial charge in [0.1, 0.15) is 0 Å². The minimum absolute atomic E-state index is 0.272. The molecule has 0 bridgehead atoms. The van der Waals surface area contributed by atoms with Crippen molar-refractivity contribution in [1.29, 1.82) is 0 Å². The van der Waals surface area contributed by atoms with Crippen molar-refractivity contribution in [3.8, 4) is 0 Å². The Hall–Kier alpha value is -0.410. The molecule has 1 aromatic heterocycles. The zero-order valence-corrected chi connectivity index (χ0v) is 9.48. The average Bonchev–Trinajstić information content (AvgIpc) is 2.31. The van der Waals surface area contributed by atoms with Crippen LogP contribution in [0.3, 0.4) is 0 Å². The van der Waals surface area contributed by atoms with Crippen LogP contribution >= 0.6 is 11.3 Å². The summed E-state index contributed by atoms with van der Waals surface area (Å²) in [6.45, 7) is 8.34. The molecule has 0 aliphatic heterocycles. The smallest absolute Gasteiger partial charge is 0.0933 e. The van der Waals surface area contributed by atoms with Crippen molar-refractivity contribution >= 4 is 11.3 Å². The van der Waals surface area contributed by atoms with Crippen LogP contribution in [-0.4, -0.2) is 10.1 Å². The summed E-state index contributed by atoms with van der Waals surface area (Å²) < 4.78 is 0. The minimum Gasteiger partial charge on any atom is -0.388 e. The number of aromatic nitrogens is 1. The molecule has 1 rings (SSSR count). The molecule has 2 nitrogen and oxygen atoms in total. The van der Waals surface area contributed by atoms with Gasteiger partial charge < -0.3 is 5.11 Å². The number of thiazole rings is 1. The molecule has 0 saturated heterocycles. The minimum atomic E-state index is -0.383. The van der Waals surface area contributed by atoms with Gasteiger partial charge in [0.05, 0.1) is 16.0 Å². The zero-order valence-electron chi connectivity index (χ0n) is 8.66. The third kappa shape index (κ3) is 3.44. The standard InChI is InChI=1S/C10H17NOS/c1-7(12)8-6-11-9(13-8)5-10(2,3)4/h6-7,12H,5H2,1-4H3. The molecule has 0 aliphatic rings. The molecule has 74 valence electrons. The summed E-state index contributed by atoms with van der Waals surface area (Å²) in [5.41, 5.74) is 0.272. The molecule has 1 aromatic rings. The molecule has 1 heterocycles. The van der Waals surface area contributed by atoms with E-state index in [9.17, 15) is 5.11 Å². The molecule has 0 aliphatic carbocycles. The van der Waals surface area contributed by atoms with Gasteiger partial charge in [-0.25, -0.2) is 4.98 Å². The highest BCUT2D eigenvalue weighted by Gasteiger charge is 2.15. The van der Waals surface area contributed by atoms with Gasteiger partial charge in [0.2, 0.25) is 0 Å². The highest BCUT2D eigenvalue weighted by atomic mass is 32.1. The monoisotopic (exact) mass is 199 g/mol. The first kappa shape index (κ1) is 10.7. The van der Waals surface area contributed by atoms with Crippen molar-refractivity contribution in [2.24, 2.45) is 5.41 Å². The van der Waals surface area contributed by atoms with Crippen molar-refractivity contribution in [1.82, 2.24) is 4.98 Å². The van der Waals surface area contributed by atoms with Crippen LogP contribution in [0.2, 0.25) is 0 Å². The molecule has 0 radical (unpaired) electrons. The SMILES string of the molecule is CC(O)c1cnc(CC(C)(C)C)s1. The van der Waals surface area contributed by atoms with Gasteiger partial charge >= 0.3 is 0 Å². The first-order chi connectivity index (χ1) is 5.88. The third-order valence-corrected chi connectivity index (χ3v) is 2.83. The molecule has 1 unspecified atom stereocenters. The average molecular weight is 199 g/mol. The topological polar surface area (TPSA) is 33.1 Å². The maximum Gasteiger partial charge on any atom is 0.0933 e. The molecule has 3 heteroatoms. The highest BCUT2D eigenvalue weighted by molar-refractivity contribution is 7.11. The summed E-state index contributed by atoms with van der Waals surface area (Å²) in [6.07, 6.45) is 2.37. The van der Waals surface area contributed by atoms with E-state index in [1.165, 1.54) is 0 Å². The lowest BCUT2D eigenvalue weighted by Gasteiger charge is -2.15. The van der Waals surface area contributed by atoms with Gasteiger partial charge in [-0.2, -0.15) is 0 Å². The highest BCUT2D eigenvalue weighted by Crippen LogP contribution is 2.26. The van der Waals surface area contributed by atoms with Gasteiger partial charge in [0.25, 0.3) is 0 Å². The van der Waals surface area contributed by atoms with E-state index in [0.29, 0.717) is 0 Å². The summed E-state index contributed by atoms with van der Waals surface area (Å²) in [6, 6.07) is 0. The van der Waals surface area contributed by atoms with E-state index in [4.69, 9.17) is 0 Å². The Kier molecular flexibility index (Phi) is 3.09. The Balaban J connectivity index is 2.70. The van der Waals surface area contributed by atoms with E-state index >= 15 is 0 Å². The van der Waals surface area contributed by atoms with E-state index in [-0.39, 0.29) is 11.5 Å². The van der Waals surface area contributed by atoms with Crippen LogP contribution in [-0.2, 0) is 6.42 Å². The molecule has 0 saturated carbocycles. The first-order valence-electron chi connectivity index (χ1n) is 4.51. The van der Waals surface area contributed by atoms with Crippen molar-refractivity contribution in [2.75, 3.05) is 0 Å². The van der Waals surface area contributed by atoms with Crippen molar-refractivity contribution in [2.45, 2.75) is 40.2 Å². The van der Waals surface area contributed by atoms with Gasteiger partial charge in [-0.3, -0.25) is 0 Å². The van der Waals surface area contributed by atoms with Crippen LogP contribution in [0.25, 0.3) is 0 Å². The second-order valence-electron chi connectivity index (χ2n) is 4.57. The first-order valence-corrected chi connectivity index (χ1v) is 5.33. The van der Waals surface area contributed by atoms with Crippen molar-refractivity contribution < 1.29 is 5.11 Å². The van der Waals surface area contributed by atoms with E-state index in [2.05, 4.69) is 25.8 Å². The molecule has 13 heavy (non-hydrogen) atoms. The van der Waals surface area contributed by atoms with Gasteiger partial charge in [0.15, 0.2) is 0 Å². The van der Waals surface area contributed by atoms with Crippen LogP contribution in [0.15, 0.2) is 6.20 Å². The van der Waals surface area contributed by atoms with Crippen LogP contribution in [0, 0.1) is 5.41 Å². The Morgan fingerprint density at radius 3 is 2.54 bits per heavy atom. The molecule has 1 atom stereocenters. The molecule has 1 N–H and O–H groups in total. The van der Waals surface area contributed by atoms with Crippen molar-refractivity contribution in [3.63, 3.8) is 0 Å². The Morgan fingerprint density at radius 1 is 1.54 bits per heavy atom. The Labute approximate surface area is 83.6 Å². The van der Waals surface area contributed by atoms with E-state index < -0.39 is 0 Å². The van der Waals surface area contributed by atoms with Gasteiger partial charge in [-0.15, -0.1) is 11.3 Å². The second kappa shape index (κ2) is 3.76. The molecule has 0 spiro atoms. The van der Waals surface area contributed by atoms with Gasteiger partial charge in [-0.05, 0) is 12.3 Å². The normalized spacial score (nSPS) is 14.5. The largest absolute Gasteiger partial charge is 0.388 e. The lowest BCUT2D eigenvalue weighted by Crippen LogP contribution is -2.08. The second-order valence-corrected chi connectivity index (χ2v) is 5.72. The maximum atomic E-state index is 9.31. The fourth-order valence-electron chi connectivity index (χ4n) is 1.05. The Bertz CT molecular complexity index is 273. The molecule has 0 fully saturated rings.